The van der Waals surface area contributed by atoms with Crippen LogP contribution in [0.15, 0.2) is 5.38 Å². The van der Waals surface area contributed by atoms with Crippen molar-refractivity contribution in [2.45, 2.75) is 26.4 Å². The molecule has 0 aliphatic heterocycles. The first-order valence-corrected chi connectivity index (χ1v) is 5.94. The van der Waals surface area contributed by atoms with Gasteiger partial charge in [-0.05, 0) is 20.8 Å². The molecule has 0 unspecified atom stereocenters. The molecule has 0 aliphatic carbocycles. The average Bonchev–Trinajstić information content (AvgIpc) is 2.58. The van der Waals surface area contributed by atoms with Crippen molar-refractivity contribution in [3.8, 4) is 0 Å². The fourth-order valence-corrected chi connectivity index (χ4v) is 1.88. The van der Waals surface area contributed by atoms with Gasteiger partial charge in [-0.25, -0.2) is 4.98 Å². The second kappa shape index (κ2) is 4.80. The Morgan fingerprint density at radius 2 is 2.31 bits per heavy atom. The molecule has 0 fully saturated rings. The molecule has 6 heteroatoms. The second-order valence-corrected chi connectivity index (χ2v) is 5.09. The van der Waals surface area contributed by atoms with Gasteiger partial charge in [-0.2, -0.15) is 0 Å². The molecule has 0 atom stereocenters. The second-order valence-electron chi connectivity index (χ2n) is 4.20. The molecule has 1 amide bonds. The maximum absolute atomic E-state index is 12.0. The Morgan fingerprint density at radius 1 is 1.69 bits per heavy atom. The van der Waals surface area contributed by atoms with Gasteiger partial charge >= 0.3 is 0 Å². The topological polar surface area (TPSA) is 79.5 Å². The van der Waals surface area contributed by atoms with E-state index < -0.39 is 5.60 Å². The van der Waals surface area contributed by atoms with E-state index in [9.17, 15) is 9.90 Å². The van der Waals surface area contributed by atoms with Gasteiger partial charge in [0.1, 0.15) is 5.69 Å². The van der Waals surface area contributed by atoms with Gasteiger partial charge in [0.2, 0.25) is 0 Å². The van der Waals surface area contributed by atoms with Crippen LogP contribution in [0.5, 0.6) is 0 Å². The zero-order valence-corrected chi connectivity index (χ0v) is 10.5. The number of thiazole rings is 1. The molecule has 0 radical (unpaired) electrons. The summed E-state index contributed by atoms with van der Waals surface area (Å²) in [7, 11) is 0. The molecule has 5 nitrogen and oxygen atoms in total. The summed E-state index contributed by atoms with van der Waals surface area (Å²) in [5.74, 6) is -0.197. The fraction of sp³-hybridized carbons (Fsp3) is 0.600. The third-order valence-corrected chi connectivity index (χ3v) is 2.66. The number of amides is 1. The lowest BCUT2D eigenvalue weighted by molar-refractivity contribution is 0.0312. The van der Waals surface area contributed by atoms with Gasteiger partial charge in [0.05, 0.1) is 5.60 Å². The van der Waals surface area contributed by atoms with E-state index in [0.29, 0.717) is 17.4 Å². The molecule has 0 saturated carbocycles. The molecule has 3 N–H and O–H groups in total. The first-order chi connectivity index (χ1) is 7.33. The number of aromatic nitrogens is 1. The van der Waals surface area contributed by atoms with Crippen LogP contribution in [-0.2, 0) is 0 Å². The number of nitrogens with zero attached hydrogens (tertiary/aromatic N) is 2. The van der Waals surface area contributed by atoms with E-state index in [1.54, 1.807) is 24.1 Å². The molecule has 1 aromatic rings. The molecule has 0 aliphatic rings. The van der Waals surface area contributed by atoms with Crippen LogP contribution in [0.3, 0.4) is 0 Å². The Balaban J connectivity index is 2.78. The number of nitrogens with two attached hydrogens (primary N) is 1. The van der Waals surface area contributed by atoms with Crippen LogP contribution in [0.4, 0.5) is 5.13 Å². The Labute approximate surface area is 98.9 Å². The maximum Gasteiger partial charge on any atom is 0.273 e. The fourth-order valence-electron chi connectivity index (χ4n) is 1.34. The SMILES string of the molecule is CCN(CC(C)(C)O)C(=O)c1csc(N)n1. The smallest absolute Gasteiger partial charge is 0.273 e. The van der Waals surface area contributed by atoms with Crippen molar-refractivity contribution in [2.75, 3.05) is 18.8 Å². The highest BCUT2D eigenvalue weighted by molar-refractivity contribution is 7.13. The van der Waals surface area contributed by atoms with Crippen LogP contribution in [0, 0.1) is 0 Å². The molecule has 0 saturated heterocycles. The van der Waals surface area contributed by atoms with Gasteiger partial charge < -0.3 is 15.7 Å². The van der Waals surface area contributed by atoms with Crippen molar-refractivity contribution < 1.29 is 9.90 Å². The number of nitrogen functional groups attached to an aromatic ring is 1. The molecule has 1 heterocycles. The number of aliphatic hydroxyl groups is 1. The van der Waals surface area contributed by atoms with Gasteiger partial charge in [0.25, 0.3) is 5.91 Å². The summed E-state index contributed by atoms with van der Waals surface area (Å²) in [6.07, 6.45) is 0. The van der Waals surface area contributed by atoms with Crippen LogP contribution >= 0.6 is 11.3 Å². The van der Waals surface area contributed by atoms with Gasteiger partial charge in [0.15, 0.2) is 5.13 Å². The van der Waals surface area contributed by atoms with Crippen molar-refractivity contribution in [3.63, 3.8) is 0 Å². The lowest BCUT2D eigenvalue weighted by Gasteiger charge is -2.27. The van der Waals surface area contributed by atoms with Crippen LogP contribution in [0.1, 0.15) is 31.3 Å². The van der Waals surface area contributed by atoms with Crippen LogP contribution in [0.2, 0.25) is 0 Å². The van der Waals surface area contributed by atoms with Crippen molar-refractivity contribution in [2.24, 2.45) is 0 Å². The van der Waals surface area contributed by atoms with Crippen molar-refractivity contribution in [1.82, 2.24) is 9.88 Å². The Morgan fingerprint density at radius 3 is 2.69 bits per heavy atom. The van der Waals surface area contributed by atoms with Gasteiger partial charge in [0, 0.05) is 18.5 Å². The Kier molecular flexibility index (Phi) is 3.88. The molecule has 0 spiro atoms. The minimum absolute atomic E-state index is 0.197. The molecule has 0 aromatic carbocycles. The largest absolute Gasteiger partial charge is 0.389 e. The molecule has 0 bridgehead atoms. The Bertz CT molecular complexity index is 370. The molecular weight excluding hydrogens is 226 g/mol. The summed E-state index contributed by atoms with van der Waals surface area (Å²) < 4.78 is 0. The van der Waals surface area contributed by atoms with Gasteiger partial charge in [-0.3, -0.25) is 4.79 Å². The lowest BCUT2D eigenvalue weighted by atomic mass is 10.1. The normalized spacial score (nSPS) is 11.5. The van der Waals surface area contributed by atoms with Crippen molar-refractivity contribution >= 4 is 22.4 Å². The lowest BCUT2D eigenvalue weighted by Crippen LogP contribution is -2.42. The number of rotatable bonds is 4. The van der Waals surface area contributed by atoms with Crippen LogP contribution in [-0.4, -0.2) is 39.6 Å². The van der Waals surface area contributed by atoms with Gasteiger partial charge in [-0.15, -0.1) is 11.3 Å². The first kappa shape index (κ1) is 12.9. The number of likely N-dealkylation sites (N-methyl/N-ethyl adjacent to an activating group) is 1. The van der Waals surface area contributed by atoms with E-state index in [4.69, 9.17) is 5.73 Å². The summed E-state index contributed by atoms with van der Waals surface area (Å²) in [6.45, 7) is 6.00. The monoisotopic (exact) mass is 243 g/mol. The van der Waals surface area contributed by atoms with Crippen LogP contribution in [0.25, 0.3) is 0 Å². The molecule has 1 aromatic heterocycles. The van der Waals surface area contributed by atoms with E-state index in [1.165, 1.54) is 11.3 Å². The Hall–Kier alpha value is -1.14. The van der Waals surface area contributed by atoms with Crippen molar-refractivity contribution in [1.29, 1.82) is 0 Å². The number of hydrogen-bond donors (Lipinski definition) is 2. The third kappa shape index (κ3) is 3.46. The first-order valence-electron chi connectivity index (χ1n) is 5.06. The molecular formula is C10H17N3O2S. The number of carbonyl (C=O) groups is 1. The van der Waals surface area contributed by atoms with E-state index >= 15 is 0 Å². The van der Waals surface area contributed by atoms with E-state index in [1.807, 2.05) is 6.92 Å². The summed E-state index contributed by atoms with van der Waals surface area (Å²) >= 11 is 1.24. The standard InChI is InChI=1S/C10H17N3O2S/c1-4-13(6-10(2,3)15)8(14)7-5-16-9(11)12-7/h5,15H,4,6H2,1-3H3,(H2,11,12). The summed E-state index contributed by atoms with van der Waals surface area (Å²) in [5.41, 5.74) is 4.90. The number of hydrogen-bond acceptors (Lipinski definition) is 5. The predicted octanol–water partition coefficient (Wildman–Crippen LogP) is 0.958. The zero-order chi connectivity index (χ0) is 12.3. The highest BCUT2D eigenvalue weighted by atomic mass is 32.1. The predicted molar refractivity (Wildman–Crippen MR) is 64.4 cm³/mol. The minimum Gasteiger partial charge on any atom is -0.389 e. The third-order valence-electron chi connectivity index (χ3n) is 1.99. The van der Waals surface area contributed by atoms with Crippen molar-refractivity contribution in [3.05, 3.63) is 11.1 Å². The highest BCUT2D eigenvalue weighted by Crippen LogP contribution is 2.14. The average molecular weight is 243 g/mol. The quantitative estimate of drug-likeness (QED) is 0.825. The molecule has 16 heavy (non-hydrogen) atoms. The minimum atomic E-state index is -0.909. The van der Waals surface area contributed by atoms with E-state index in [0.717, 1.165) is 0 Å². The molecule has 1 rings (SSSR count). The highest BCUT2D eigenvalue weighted by Gasteiger charge is 2.23. The summed E-state index contributed by atoms with van der Waals surface area (Å²) in [5, 5.41) is 11.7. The van der Waals surface area contributed by atoms with Gasteiger partial charge in [-0.1, -0.05) is 0 Å². The zero-order valence-electron chi connectivity index (χ0n) is 9.73. The van der Waals surface area contributed by atoms with Crippen LogP contribution < -0.4 is 5.73 Å². The molecule has 90 valence electrons. The maximum atomic E-state index is 12.0. The van der Waals surface area contributed by atoms with E-state index in [2.05, 4.69) is 4.98 Å². The summed E-state index contributed by atoms with van der Waals surface area (Å²) in [4.78, 5) is 17.5. The number of anilines is 1. The number of carbonyl (C=O) groups excluding carboxylic acids is 1. The van der Waals surface area contributed by atoms with E-state index in [-0.39, 0.29) is 12.5 Å². The summed E-state index contributed by atoms with van der Waals surface area (Å²) in [6, 6.07) is 0.